The van der Waals surface area contributed by atoms with Gasteiger partial charge >= 0.3 is 0 Å². The van der Waals surface area contributed by atoms with E-state index in [1.807, 2.05) is 24.3 Å². The van der Waals surface area contributed by atoms with E-state index in [1.165, 1.54) is 6.92 Å². The van der Waals surface area contributed by atoms with Gasteiger partial charge in [0.25, 0.3) is 0 Å². The van der Waals surface area contributed by atoms with Gasteiger partial charge in [0, 0.05) is 18.3 Å². The summed E-state index contributed by atoms with van der Waals surface area (Å²) in [5.74, 6) is -0.0788. The molecular weight excluding hydrogens is 228 g/mol. The van der Waals surface area contributed by atoms with E-state index < -0.39 is 0 Å². The van der Waals surface area contributed by atoms with Crippen LogP contribution in [0.4, 0.5) is 11.4 Å². The molecular formula is C14H20N2O2. The molecule has 0 aromatic heterocycles. The van der Waals surface area contributed by atoms with Gasteiger partial charge in [0.05, 0.1) is 12.1 Å². The summed E-state index contributed by atoms with van der Waals surface area (Å²) in [7, 11) is 0. The number of benzene rings is 1. The van der Waals surface area contributed by atoms with Crippen LogP contribution >= 0.6 is 0 Å². The van der Waals surface area contributed by atoms with Crippen LogP contribution in [-0.4, -0.2) is 23.2 Å². The van der Waals surface area contributed by atoms with Crippen molar-refractivity contribution < 1.29 is 9.90 Å². The van der Waals surface area contributed by atoms with Crippen LogP contribution in [0.2, 0.25) is 0 Å². The molecule has 1 saturated carbocycles. The molecule has 3 N–H and O–H groups in total. The molecule has 18 heavy (non-hydrogen) atoms. The molecule has 0 spiro atoms. The van der Waals surface area contributed by atoms with Crippen molar-refractivity contribution >= 4 is 17.3 Å². The highest BCUT2D eigenvalue weighted by Gasteiger charge is 2.22. The van der Waals surface area contributed by atoms with Crippen LogP contribution in [-0.2, 0) is 4.79 Å². The van der Waals surface area contributed by atoms with E-state index in [-0.39, 0.29) is 18.1 Å². The average molecular weight is 248 g/mol. The molecule has 2 atom stereocenters. The molecule has 98 valence electrons. The van der Waals surface area contributed by atoms with E-state index in [4.69, 9.17) is 0 Å². The predicted molar refractivity (Wildman–Crippen MR) is 72.6 cm³/mol. The van der Waals surface area contributed by atoms with E-state index in [1.54, 1.807) is 0 Å². The second kappa shape index (κ2) is 5.87. The highest BCUT2D eigenvalue weighted by Crippen LogP contribution is 2.23. The topological polar surface area (TPSA) is 61.4 Å². The molecule has 1 fully saturated rings. The highest BCUT2D eigenvalue weighted by molar-refractivity contribution is 5.89. The minimum atomic E-state index is -0.275. The molecule has 0 unspecified atom stereocenters. The number of amides is 1. The maximum absolute atomic E-state index is 11.0. The van der Waals surface area contributed by atoms with Crippen LogP contribution in [0.5, 0.6) is 0 Å². The van der Waals surface area contributed by atoms with Crippen molar-refractivity contribution in [1.29, 1.82) is 0 Å². The van der Waals surface area contributed by atoms with Crippen LogP contribution < -0.4 is 10.6 Å². The zero-order chi connectivity index (χ0) is 13.0. The van der Waals surface area contributed by atoms with Gasteiger partial charge < -0.3 is 15.7 Å². The smallest absolute Gasteiger partial charge is 0.221 e. The molecule has 1 amide bonds. The Balaban J connectivity index is 2.02. The predicted octanol–water partition coefficient (Wildman–Crippen LogP) is 2.36. The summed E-state index contributed by atoms with van der Waals surface area (Å²) >= 11 is 0. The van der Waals surface area contributed by atoms with Crippen molar-refractivity contribution in [2.45, 2.75) is 44.8 Å². The molecule has 0 heterocycles. The largest absolute Gasteiger partial charge is 0.391 e. The molecule has 0 bridgehead atoms. The molecule has 4 nitrogen and oxygen atoms in total. The van der Waals surface area contributed by atoms with Gasteiger partial charge in [0.15, 0.2) is 0 Å². The SMILES string of the molecule is CC(=O)Nc1cccc(N[C@H]2CCCC[C@@H]2O)c1. The van der Waals surface area contributed by atoms with E-state index in [9.17, 15) is 9.90 Å². The Labute approximate surface area is 107 Å². The minimum absolute atomic E-state index is 0.0788. The number of rotatable bonds is 3. The third kappa shape index (κ3) is 3.47. The summed E-state index contributed by atoms with van der Waals surface area (Å²) < 4.78 is 0. The number of hydrogen-bond donors (Lipinski definition) is 3. The highest BCUT2D eigenvalue weighted by atomic mass is 16.3. The molecule has 1 aliphatic carbocycles. The van der Waals surface area contributed by atoms with Gasteiger partial charge in [-0.15, -0.1) is 0 Å². The van der Waals surface area contributed by atoms with Crippen LogP contribution in [0.1, 0.15) is 32.6 Å². The minimum Gasteiger partial charge on any atom is -0.391 e. The number of nitrogens with one attached hydrogen (secondary N) is 2. The molecule has 0 radical (unpaired) electrons. The number of aliphatic hydroxyl groups is 1. The lowest BCUT2D eigenvalue weighted by molar-refractivity contribution is -0.114. The Kier molecular flexibility index (Phi) is 4.20. The molecule has 1 aliphatic rings. The first-order valence-electron chi connectivity index (χ1n) is 6.47. The summed E-state index contributed by atoms with van der Waals surface area (Å²) in [5.41, 5.74) is 1.71. The maximum Gasteiger partial charge on any atom is 0.221 e. The standard InChI is InChI=1S/C14H20N2O2/c1-10(17)15-11-5-4-6-12(9-11)16-13-7-2-3-8-14(13)18/h4-6,9,13-14,16,18H,2-3,7-8H2,1H3,(H,15,17)/t13-,14-/m0/s1. The average Bonchev–Trinajstić information content (AvgIpc) is 2.32. The van der Waals surface area contributed by atoms with Crippen molar-refractivity contribution in [3.63, 3.8) is 0 Å². The Morgan fingerprint density at radius 2 is 2.00 bits per heavy atom. The molecule has 0 saturated heterocycles. The second-order valence-electron chi connectivity index (χ2n) is 4.86. The number of hydrogen-bond acceptors (Lipinski definition) is 3. The van der Waals surface area contributed by atoms with E-state index >= 15 is 0 Å². The fourth-order valence-electron chi connectivity index (χ4n) is 2.38. The third-order valence-electron chi connectivity index (χ3n) is 3.26. The van der Waals surface area contributed by atoms with Crippen molar-refractivity contribution in [1.82, 2.24) is 0 Å². The summed E-state index contributed by atoms with van der Waals surface area (Å²) in [5, 5.41) is 16.0. The summed E-state index contributed by atoms with van der Waals surface area (Å²) in [6.07, 6.45) is 3.84. The van der Waals surface area contributed by atoms with Gasteiger partial charge in [-0.2, -0.15) is 0 Å². The van der Waals surface area contributed by atoms with Crippen LogP contribution in [0.15, 0.2) is 24.3 Å². The van der Waals surface area contributed by atoms with Gasteiger partial charge in [-0.3, -0.25) is 4.79 Å². The lowest BCUT2D eigenvalue weighted by Crippen LogP contribution is -2.36. The first-order chi connectivity index (χ1) is 8.65. The zero-order valence-corrected chi connectivity index (χ0v) is 10.6. The summed E-state index contributed by atoms with van der Waals surface area (Å²) in [6.45, 7) is 1.49. The fraction of sp³-hybridized carbons (Fsp3) is 0.500. The summed E-state index contributed by atoms with van der Waals surface area (Å²) in [6, 6.07) is 7.70. The molecule has 1 aromatic carbocycles. The van der Waals surface area contributed by atoms with Crippen molar-refractivity contribution in [2.24, 2.45) is 0 Å². The van der Waals surface area contributed by atoms with Crippen LogP contribution in [0.3, 0.4) is 0 Å². The first kappa shape index (κ1) is 12.9. The Hall–Kier alpha value is -1.55. The van der Waals surface area contributed by atoms with Gasteiger partial charge in [0.1, 0.15) is 0 Å². The summed E-state index contributed by atoms with van der Waals surface area (Å²) in [4.78, 5) is 11.0. The monoisotopic (exact) mass is 248 g/mol. The molecule has 0 aliphatic heterocycles. The lowest BCUT2D eigenvalue weighted by Gasteiger charge is -2.29. The number of anilines is 2. The van der Waals surface area contributed by atoms with E-state index in [0.29, 0.717) is 0 Å². The number of aliphatic hydroxyl groups excluding tert-OH is 1. The fourth-order valence-corrected chi connectivity index (χ4v) is 2.38. The van der Waals surface area contributed by atoms with Crippen molar-refractivity contribution in [2.75, 3.05) is 10.6 Å². The lowest BCUT2D eigenvalue weighted by atomic mass is 9.92. The van der Waals surface area contributed by atoms with E-state index in [2.05, 4.69) is 10.6 Å². The van der Waals surface area contributed by atoms with Crippen LogP contribution in [0.25, 0.3) is 0 Å². The normalized spacial score (nSPS) is 23.4. The maximum atomic E-state index is 11.0. The zero-order valence-electron chi connectivity index (χ0n) is 10.6. The molecule has 2 rings (SSSR count). The molecule has 1 aromatic rings. The first-order valence-corrected chi connectivity index (χ1v) is 6.47. The quantitative estimate of drug-likeness (QED) is 0.769. The van der Waals surface area contributed by atoms with Gasteiger partial charge in [-0.05, 0) is 31.0 Å². The molecule has 4 heteroatoms. The number of carbonyl (C=O) groups excluding carboxylic acids is 1. The third-order valence-corrected chi connectivity index (χ3v) is 3.26. The van der Waals surface area contributed by atoms with Gasteiger partial charge in [-0.25, -0.2) is 0 Å². The van der Waals surface area contributed by atoms with Gasteiger partial charge in [0.2, 0.25) is 5.91 Å². The van der Waals surface area contributed by atoms with E-state index in [0.717, 1.165) is 37.1 Å². The van der Waals surface area contributed by atoms with Gasteiger partial charge in [-0.1, -0.05) is 18.9 Å². The Bertz CT molecular complexity index is 420. The van der Waals surface area contributed by atoms with Crippen molar-refractivity contribution in [3.8, 4) is 0 Å². The number of carbonyl (C=O) groups is 1. The Morgan fingerprint density at radius 1 is 1.28 bits per heavy atom. The second-order valence-corrected chi connectivity index (χ2v) is 4.86. The Morgan fingerprint density at radius 3 is 2.72 bits per heavy atom. The van der Waals surface area contributed by atoms with Crippen molar-refractivity contribution in [3.05, 3.63) is 24.3 Å². The van der Waals surface area contributed by atoms with Crippen LogP contribution in [0, 0.1) is 0 Å².